The van der Waals surface area contributed by atoms with Crippen molar-refractivity contribution in [3.63, 3.8) is 0 Å². The molecule has 0 radical (unpaired) electrons. The van der Waals surface area contributed by atoms with E-state index >= 15 is 0 Å². The number of nitrogens with one attached hydrogen (secondary N) is 2. The van der Waals surface area contributed by atoms with Crippen molar-refractivity contribution in [2.75, 3.05) is 30.9 Å². The molecule has 2 aliphatic carbocycles. The van der Waals surface area contributed by atoms with E-state index in [1.54, 1.807) is 0 Å². The summed E-state index contributed by atoms with van der Waals surface area (Å²) in [6.45, 7) is 2.76. The van der Waals surface area contributed by atoms with Gasteiger partial charge in [0.25, 0.3) is 5.91 Å². The molecule has 6 heteroatoms. The Morgan fingerprint density at radius 2 is 1.87 bits per heavy atom. The minimum atomic E-state index is 0.0302. The van der Waals surface area contributed by atoms with Gasteiger partial charge in [0.2, 0.25) is 5.95 Å². The standard InChI is InChI=1S/C25H35N5O/c1-17-7-6-8-19(15-17)24(31)26-16-18-11-13-20(14-12-18)27-25-28-22-10-5-4-9-21(22)23(29-25)30(2)3/h6-8,15,18,20H,4-5,9-14,16H2,1-3H3,(H,26,31)(H,27,28,29)/t18-,20+. The van der Waals surface area contributed by atoms with E-state index in [1.165, 1.54) is 24.1 Å². The maximum atomic E-state index is 12.4. The smallest absolute Gasteiger partial charge is 0.251 e. The fourth-order valence-electron chi connectivity index (χ4n) is 4.83. The van der Waals surface area contributed by atoms with E-state index < -0.39 is 0 Å². The van der Waals surface area contributed by atoms with Crippen LogP contribution >= 0.6 is 0 Å². The molecule has 2 aromatic rings. The number of aromatic nitrogens is 2. The number of carbonyl (C=O) groups excluding carboxylic acids is 1. The predicted octanol–water partition coefficient (Wildman–Crippen LogP) is 4.13. The van der Waals surface area contributed by atoms with Crippen molar-refractivity contribution in [1.82, 2.24) is 15.3 Å². The summed E-state index contributed by atoms with van der Waals surface area (Å²) in [5.74, 6) is 2.41. The van der Waals surface area contributed by atoms with Crippen LogP contribution in [0.2, 0.25) is 0 Å². The molecule has 4 rings (SSSR count). The van der Waals surface area contributed by atoms with Gasteiger partial charge in [-0.25, -0.2) is 4.98 Å². The van der Waals surface area contributed by atoms with Gasteiger partial charge >= 0.3 is 0 Å². The summed E-state index contributed by atoms with van der Waals surface area (Å²) >= 11 is 0. The number of fused-ring (bicyclic) bond motifs is 1. The second-order valence-electron chi connectivity index (χ2n) is 9.34. The van der Waals surface area contributed by atoms with Crippen molar-refractivity contribution in [1.29, 1.82) is 0 Å². The first-order chi connectivity index (χ1) is 15.0. The first kappa shape index (κ1) is 21.6. The Morgan fingerprint density at radius 3 is 2.61 bits per heavy atom. The zero-order valence-corrected chi connectivity index (χ0v) is 19.1. The van der Waals surface area contributed by atoms with Crippen molar-refractivity contribution in [3.8, 4) is 0 Å². The molecule has 0 spiro atoms. The molecular formula is C25H35N5O. The zero-order chi connectivity index (χ0) is 21.8. The van der Waals surface area contributed by atoms with Crippen LogP contribution in [0.25, 0.3) is 0 Å². The molecule has 6 nitrogen and oxygen atoms in total. The van der Waals surface area contributed by atoms with Gasteiger partial charge in [-0.15, -0.1) is 0 Å². The first-order valence-corrected chi connectivity index (χ1v) is 11.7. The Kier molecular flexibility index (Phi) is 6.73. The second-order valence-corrected chi connectivity index (χ2v) is 9.34. The number of carbonyl (C=O) groups is 1. The average molecular weight is 422 g/mol. The zero-order valence-electron chi connectivity index (χ0n) is 19.1. The monoisotopic (exact) mass is 421 g/mol. The molecule has 1 aromatic carbocycles. The Labute approximate surface area is 185 Å². The van der Waals surface area contributed by atoms with Crippen molar-refractivity contribution >= 4 is 17.7 Å². The third-order valence-electron chi connectivity index (χ3n) is 6.60. The number of rotatable bonds is 6. The number of anilines is 2. The molecular weight excluding hydrogens is 386 g/mol. The maximum absolute atomic E-state index is 12.4. The number of nitrogens with zero attached hydrogens (tertiary/aromatic N) is 3. The van der Waals surface area contributed by atoms with Crippen molar-refractivity contribution in [3.05, 3.63) is 46.6 Å². The highest BCUT2D eigenvalue weighted by atomic mass is 16.1. The number of aryl methyl sites for hydroxylation is 2. The first-order valence-electron chi connectivity index (χ1n) is 11.7. The van der Waals surface area contributed by atoms with E-state index in [4.69, 9.17) is 9.97 Å². The molecule has 1 fully saturated rings. The molecule has 1 aromatic heterocycles. The van der Waals surface area contributed by atoms with Gasteiger partial charge in [-0.2, -0.15) is 4.98 Å². The molecule has 1 heterocycles. The lowest BCUT2D eigenvalue weighted by Crippen LogP contribution is -2.34. The summed E-state index contributed by atoms with van der Waals surface area (Å²) in [5.41, 5.74) is 4.41. The minimum Gasteiger partial charge on any atom is -0.362 e. The van der Waals surface area contributed by atoms with E-state index in [9.17, 15) is 4.79 Å². The van der Waals surface area contributed by atoms with Crippen LogP contribution in [-0.2, 0) is 12.8 Å². The largest absolute Gasteiger partial charge is 0.362 e. The van der Waals surface area contributed by atoms with Gasteiger partial charge in [0, 0.05) is 37.8 Å². The average Bonchev–Trinajstić information content (AvgIpc) is 2.77. The number of benzene rings is 1. The van der Waals surface area contributed by atoms with E-state index in [0.717, 1.165) is 68.0 Å². The third kappa shape index (κ3) is 5.35. The Bertz CT molecular complexity index is 918. The lowest BCUT2D eigenvalue weighted by molar-refractivity contribution is 0.0943. The van der Waals surface area contributed by atoms with Gasteiger partial charge in [-0.05, 0) is 76.3 Å². The van der Waals surface area contributed by atoms with Crippen LogP contribution < -0.4 is 15.5 Å². The van der Waals surface area contributed by atoms with E-state index in [-0.39, 0.29) is 5.91 Å². The molecule has 2 N–H and O–H groups in total. The fourth-order valence-corrected chi connectivity index (χ4v) is 4.83. The highest BCUT2D eigenvalue weighted by Crippen LogP contribution is 2.30. The van der Waals surface area contributed by atoms with E-state index in [2.05, 4.69) is 29.6 Å². The molecule has 0 saturated heterocycles. The van der Waals surface area contributed by atoms with Gasteiger partial charge in [0.1, 0.15) is 5.82 Å². The summed E-state index contributed by atoms with van der Waals surface area (Å²) in [6, 6.07) is 8.17. The lowest BCUT2D eigenvalue weighted by atomic mass is 9.86. The third-order valence-corrected chi connectivity index (χ3v) is 6.60. The van der Waals surface area contributed by atoms with Gasteiger partial charge in [-0.1, -0.05) is 17.7 Å². The topological polar surface area (TPSA) is 70.2 Å². The van der Waals surface area contributed by atoms with Crippen molar-refractivity contribution < 1.29 is 4.79 Å². The second kappa shape index (κ2) is 9.67. The summed E-state index contributed by atoms with van der Waals surface area (Å²) < 4.78 is 0. The number of amides is 1. The van der Waals surface area contributed by atoms with Crippen LogP contribution in [0.15, 0.2) is 24.3 Å². The molecule has 0 unspecified atom stereocenters. The molecule has 166 valence electrons. The molecule has 31 heavy (non-hydrogen) atoms. The molecule has 2 aliphatic rings. The maximum Gasteiger partial charge on any atom is 0.251 e. The van der Waals surface area contributed by atoms with Gasteiger partial charge in [-0.3, -0.25) is 4.79 Å². The van der Waals surface area contributed by atoms with E-state index in [1.807, 2.05) is 31.2 Å². The Balaban J connectivity index is 1.29. The van der Waals surface area contributed by atoms with Crippen LogP contribution in [0.4, 0.5) is 11.8 Å². The highest BCUT2D eigenvalue weighted by Gasteiger charge is 2.24. The van der Waals surface area contributed by atoms with Crippen LogP contribution in [0, 0.1) is 12.8 Å². The minimum absolute atomic E-state index is 0.0302. The van der Waals surface area contributed by atoms with Crippen LogP contribution in [0.3, 0.4) is 0 Å². The van der Waals surface area contributed by atoms with Crippen LogP contribution in [0.5, 0.6) is 0 Å². The fraction of sp³-hybridized carbons (Fsp3) is 0.560. The quantitative estimate of drug-likeness (QED) is 0.734. The van der Waals surface area contributed by atoms with Crippen LogP contribution in [-0.4, -0.2) is 42.6 Å². The Morgan fingerprint density at radius 1 is 1.10 bits per heavy atom. The summed E-state index contributed by atoms with van der Waals surface area (Å²) in [5, 5.41) is 6.73. The van der Waals surface area contributed by atoms with Gasteiger partial charge in [0.05, 0.1) is 5.69 Å². The summed E-state index contributed by atoms with van der Waals surface area (Å²) in [4.78, 5) is 24.2. The lowest BCUT2D eigenvalue weighted by Gasteiger charge is -2.30. The normalized spacial score (nSPS) is 20.6. The van der Waals surface area contributed by atoms with Crippen LogP contribution in [0.1, 0.15) is 65.7 Å². The summed E-state index contributed by atoms with van der Waals surface area (Å²) in [7, 11) is 4.13. The number of hydrogen-bond donors (Lipinski definition) is 2. The molecule has 1 amide bonds. The predicted molar refractivity (Wildman–Crippen MR) is 126 cm³/mol. The number of hydrogen-bond acceptors (Lipinski definition) is 5. The molecule has 0 atom stereocenters. The van der Waals surface area contributed by atoms with Crippen molar-refractivity contribution in [2.45, 2.75) is 64.3 Å². The van der Waals surface area contributed by atoms with Crippen molar-refractivity contribution in [2.24, 2.45) is 5.92 Å². The molecule has 0 aliphatic heterocycles. The van der Waals surface area contributed by atoms with Gasteiger partial charge in [0.15, 0.2) is 0 Å². The van der Waals surface area contributed by atoms with Gasteiger partial charge < -0.3 is 15.5 Å². The SMILES string of the molecule is Cc1cccc(C(=O)NC[C@H]2CC[C@@H](Nc3nc4c(c(N(C)C)n3)CCCC4)CC2)c1. The summed E-state index contributed by atoms with van der Waals surface area (Å²) in [6.07, 6.45) is 8.98. The highest BCUT2D eigenvalue weighted by molar-refractivity contribution is 5.94. The molecule has 1 saturated carbocycles. The van der Waals surface area contributed by atoms with E-state index in [0.29, 0.717) is 12.0 Å². The molecule has 0 bridgehead atoms. The Hall–Kier alpha value is -2.63.